The van der Waals surface area contributed by atoms with Gasteiger partial charge in [0.05, 0.1) is 11.9 Å². The molecule has 5 rings (SSSR count). The Bertz CT molecular complexity index is 895. The van der Waals surface area contributed by atoms with Gasteiger partial charge < -0.3 is 9.32 Å². The smallest absolute Gasteiger partial charge is 0.159 e. The summed E-state index contributed by atoms with van der Waals surface area (Å²) in [5.41, 5.74) is 4.68. The summed E-state index contributed by atoms with van der Waals surface area (Å²) >= 11 is 0. The van der Waals surface area contributed by atoms with Crippen LogP contribution in [0.2, 0.25) is 0 Å². The topological polar surface area (TPSA) is 19.6 Å². The highest BCUT2D eigenvalue weighted by molar-refractivity contribution is 6.09. The number of hydrogen-bond acceptors (Lipinski definition) is 3. The van der Waals surface area contributed by atoms with E-state index in [0.717, 1.165) is 11.2 Å². The molecule has 2 fully saturated rings. The molecule has 2 aromatic carbocycles. The summed E-state index contributed by atoms with van der Waals surface area (Å²) in [6.45, 7) is 6.97. The van der Waals surface area contributed by atoms with Crippen LogP contribution < -0.4 is 4.90 Å². The van der Waals surface area contributed by atoms with Crippen LogP contribution >= 0.6 is 0 Å². The van der Waals surface area contributed by atoms with Crippen LogP contribution in [0.3, 0.4) is 0 Å². The lowest BCUT2D eigenvalue weighted by atomic mass is 10.0. The van der Waals surface area contributed by atoms with Crippen LogP contribution in [0, 0.1) is 6.92 Å². The largest absolute Gasteiger partial charge is 0.454 e. The number of nitrogens with zero attached hydrogens (tertiary/aromatic N) is 2. The quantitative estimate of drug-likeness (QED) is 0.659. The number of anilines is 1. The molecule has 0 N–H and O–H groups in total. The van der Waals surface area contributed by atoms with E-state index >= 15 is 0 Å². The second-order valence-electron chi connectivity index (χ2n) is 7.04. The van der Waals surface area contributed by atoms with E-state index in [1.165, 1.54) is 48.0 Å². The number of piperidine rings is 1. The van der Waals surface area contributed by atoms with Gasteiger partial charge in [-0.05, 0) is 38.3 Å². The van der Waals surface area contributed by atoms with Gasteiger partial charge in [0.1, 0.15) is 5.58 Å². The van der Waals surface area contributed by atoms with E-state index in [0.29, 0.717) is 12.2 Å². The van der Waals surface area contributed by atoms with E-state index in [1.807, 2.05) is 0 Å². The molecule has 2 aliphatic heterocycles. The van der Waals surface area contributed by atoms with Crippen LogP contribution in [0.1, 0.15) is 25.3 Å². The van der Waals surface area contributed by atoms with E-state index in [2.05, 4.69) is 60.0 Å². The van der Waals surface area contributed by atoms with Crippen LogP contribution in [0.15, 0.2) is 40.8 Å². The SMILES string of the molecule is Cc1ccc2c(oc3ccccc32)c1N1C2CCCN(C2)[C@@H]1C. The molecule has 1 aromatic heterocycles. The van der Waals surface area contributed by atoms with Gasteiger partial charge in [-0.15, -0.1) is 0 Å². The van der Waals surface area contributed by atoms with Crippen molar-refractivity contribution >= 4 is 27.6 Å². The van der Waals surface area contributed by atoms with Gasteiger partial charge in [0.15, 0.2) is 5.58 Å². The van der Waals surface area contributed by atoms with E-state index in [-0.39, 0.29) is 0 Å². The van der Waals surface area contributed by atoms with Crippen molar-refractivity contribution in [2.24, 2.45) is 0 Å². The van der Waals surface area contributed by atoms with Crippen molar-refractivity contribution in [3.8, 4) is 0 Å². The highest BCUT2D eigenvalue weighted by Crippen LogP contribution is 2.42. The molecule has 118 valence electrons. The number of para-hydroxylation sites is 1. The number of furan rings is 1. The second kappa shape index (κ2) is 4.75. The summed E-state index contributed by atoms with van der Waals surface area (Å²) in [7, 11) is 0. The maximum absolute atomic E-state index is 6.31. The Hall–Kier alpha value is -2.00. The highest BCUT2D eigenvalue weighted by atomic mass is 16.3. The van der Waals surface area contributed by atoms with Crippen molar-refractivity contribution in [3.05, 3.63) is 42.0 Å². The van der Waals surface area contributed by atoms with Gasteiger partial charge in [-0.3, -0.25) is 4.90 Å². The molecule has 0 aliphatic carbocycles. The maximum Gasteiger partial charge on any atom is 0.159 e. The molecule has 2 unspecified atom stereocenters. The van der Waals surface area contributed by atoms with Crippen LogP contribution in [0.5, 0.6) is 0 Å². The number of hydrogen-bond donors (Lipinski definition) is 0. The first kappa shape index (κ1) is 13.4. The van der Waals surface area contributed by atoms with Gasteiger partial charge in [-0.1, -0.05) is 30.3 Å². The summed E-state index contributed by atoms with van der Waals surface area (Å²) in [4.78, 5) is 5.22. The van der Waals surface area contributed by atoms with Crippen LogP contribution in [-0.2, 0) is 0 Å². The van der Waals surface area contributed by atoms with Crippen molar-refractivity contribution in [2.75, 3.05) is 18.0 Å². The highest BCUT2D eigenvalue weighted by Gasteiger charge is 2.40. The standard InChI is InChI=1S/C20H22N2O/c1-13-9-10-17-16-7-3-4-8-18(16)23-20(17)19(13)22-14(2)21-11-5-6-15(22)12-21/h3-4,7-10,14-15H,5-6,11-12H2,1-2H3/t14-,15?/m0/s1. The van der Waals surface area contributed by atoms with Crippen molar-refractivity contribution in [1.82, 2.24) is 4.90 Å². The predicted octanol–water partition coefficient (Wildman–Crippen LogP) is 4.52. The minimum absolute atomic E-state index is 0.458. The minimum Gasteiger partial charge on any atom is -0.454 e. The van der Waals surface area contributed by atoms with Gasteiger partial charge in [-0.2, -0.15) is 0 Å². The molecular formula is C20H22N2O. The zero-order valence-corrected chi connectivity index (χ0v) is 13.7. The molecule has 2 aliphatic rings. The average molecular weight is 306 g/mol. The summed E-state index contributed by atoms with van der Waals surface area (Å²) in [6, 6.07) is 13.5. The summed E-state index contributed by atoms with van der Waals surface area (Å²) in [5.74, 6) is 0. The fourth-order valence-corrected chi connectivity index (χ4v) is 4.59. The summed E-state index contributed by atoms with van der Waals surface area (Å²) < 4.78 is 6.31. The zero-order valence-electron chi connectivity index (χ0n) is 13.7. The van der Waals surface area contributed by atoms with Crippen LogP contribution in [0.25, 0.3) is 21.9 Å². The lowest BCUT2D eigenvalue weighted by Gasteiger charge is -2.30. The van der Waals surface area contributed by atoms with Crippen LogP contribution in [-0.4, -0.2) is 30.2 Å². The molecule has 3 aromatic rings. The van der Waals surface area contributed by atoms with Gasteiger partial charge in [0.25, 0.3) is 0 Å². The molecule has 0 saturated carbocycles. The first-order valence-electron chi connectivity index (χ1n) is 8.67. The lowest BCUT2D eigenvalue weighted by molar-refractivity contribution is 0.244. The molecule has 0 spiro atoms. The van der Waals surface area contributed by atoms with Crippen molar-refractivity contribution in [3.63, 3.8) is 0 Å². The van der Waals surface area contributed by atoms with Gasteiger partial charge in [0, 0.05) is 29.9 Å². The van der Waals surface area contributed by atoms with E-state index in [4.69, 9.17) is 4.42 Å². The second-order valence-corrected chi connectivity index (χ2v) is 7.04. The minimum atomic E-state index is 0.458. The van der Waals surface area contributed by atoms with Gasteiger partial charge in [-0.25, -0.2) is 0 Å². The van der Waals surface area contributed by atoms with Crippen molar-refractivity contribution in [1.29, 1.82) is 0 Å². The monoisotopic (exact) mass is 306 g/mol. The maximum atomic E-state index is 6.31. The summed E-state index contributed by atoms with van der Waals surface area (Å²) in [5, 5.41) is 2.46. The fourth-order valence-electron chi connectivity index (χ4n) is 4.59. The van der Waals surface area contributed by atoms with Gasteiger partial charge in [0.2, 0.25) is 0 Å². The molecule has 3 atom stereocenters. The third-order valence-electron chi connectivity index (χ3n) is 5.73. The third-order valence-corrected chi connectivity index (χ3v) is 5.73. The van der Waals surface area contributed by atoms with Crippen LogP contribution in [0.4, 0.5) is 5.69 Å². The number of aryl methyl sites for hydroxylation is 1. The van der Waals surface area contributed by atoms with E-state index in [9.17, 15) is 0 Å². The first-order valence-corrected chi connectivity index (χ1v) is 8.67. The Morgan fingerprint density at radius 2 is 1.96 bits per heavy atom. The molecule has 0 radical (unpaired) electrons. The third kappa shape index (κ3) is 1.80. The Kier molecular flexibility index (Phi) is 2.77. The number of benzene rings is 2. The van der Waals surface area contributed by atoms with Crippen molar-refractivity contribution in [2.45, 2.75) is 38.9 Å². The predicted molar refractivity (Wildman–Crippen MR) is 95.0 cm³/mol. The van der Waals surface area contributed by atoms with E-state index < -0.39 is 0 Å². The fraction of sp³-hybridized carbons (Fsp3) is 0.400. The molecule has 23 heavy (non-hydrogen) atoms. The Morgan fingerprint density at radius 1 is 1.09 bits per heavy atom. The first-order chi connectivity index (χ1) is 11.2. The average Bonchev–Trinajstić information content (AvgIpc) is 3.04. The number of fused-ring (bicyclic) bond motifs is 5. The number of rotatable bonds is 1. The lowest BCUT2D eigenvalue weighted by Crippen LogP contribution is -2.37. The molecule has 3 heteroatoms. The molecule has 2 bridgehead atoms. The molecular weight excluding hydrogens is 284 g/mol. The van der Waals surface area contributed by atoms with E-state index in [1.54, 1.807) is 0 Å². The molecule has 0 amide bonds. The molecule has 3 heterocycles. The van der Waals surface area contributed by atoms with Gasteiger partial charge >= 0.3 is 0 Å². The molecule has 2 saturated heterocycles. The Morgan fingerprint density at radius 3 is 2.83 bits per heavy atom. The Balaban J connectivity index is 1.79. The Labute approximate surface area is 136 Å². The van der Waals surface area contributed by atoms with Crippen molar-refractivity contribution < 1.29 is 4.42 Å². The zero-order chi connectivity index (χ0) is 15.6. The summed E-state index contributed by atoms with van der Waals surface area (Å²) in [6.07, 6.45) is 3.05. The normalized spacial score (nSPS) is 27.2. The molecule has 3 nitrogen and oxygen atoms in total.